The maximum absolute atomic E-state index is 6.18. The van der Waals surface area contributed by atoms with E-state index in [1.54, 1.807) is 7.11 Å². The van der Waals surface area contributed by atoms with Crippen molar-refractivity contribution in [1.29, 1.82) is 0 Å². The molecule has 0 aromatic heterocycles. The topological polar surface area (TPSA) is 27.7 Å². The molecule has 0 aliphatic heterocycles. The van der Waals surface area contributed by atoms with Gasteiger partial charge in [0.15, 0.2) is 0 Å². The lowest BCUT2D eigenvalue weighted by Gasteiger charge is -2.40. The monoisotopic (exact) mass is 426 g/mol. The van der Waals surface area contributed by atoms with Gasteiger partial charge in [-0.3, -0.25) is 0 Å². The lowest BCUT2D eigenvalue weighted by molar-refractivity contribution is -0.0800. The summed E-state index contributed by atoms with van der Waals surface area (Å²) in [6, 6.07) is 3.76. The molecule has 3 atom stereocenters. The second kappa shape index (κ2) is 7.34. The number of alkyl halides is 1. The van der Waals surface area contributed by atoms with Crippen molar-refractivity contribution < 1.29 is 14.2 Å². The van der Waals surface area contributed by atoms with Crippen LogP contribution in [0.25, 0.3) is 0 Å². The number of halogens is 3. The Kier molecular flexibility index (Phi) is 6.02. The SMILES string of the molecule is CCCOC1C(Cl)CC1Oc1cc(Br)c(OC)cc1Br. The highest BCUT2D eigenvalue weighted by atomic mass is 79.9. The molecule has 3 nitrogen and oxygen atoms in total. The van der Waals surface area contributed by atoms with Crippen LogP contribution in [0.15, 0.2) is 21.1 Å². The maximum Gasteiger partial charge on any atom is 0.135 e. The number of ether oxygens (including phenoxy) is 3. The Morgan fingerprint density at radius 3 is 2.50 bits per heavy atom. The molecule has 6 heteroatoms. The molecule has 20 heavy (non-hydrogen) atoms. The van der Waals surface area contributed by atoms with Gasteiger partial charge in [-0.15, -0.1) is 11.6 Å². The summed E-state index contributed by atoms with van der Waals surface area (Å²) >= 11 is 13.1. The Balaban J connectivity index is 2.05. The largest absolute Gasteiger partial charge is 0.496 e. The third-order valence-electron chi connectivity index (χ3n) is 3.18. The van der Waals surface area contributed by atoms with Gasteiger partial charge in [-0.25, -0.2) is 0 Å². The molecule has 1 aromatic carbocycles. The average molecular weight is 429 g/mol. The van der Waals surface area contributed by atoms with E-state index in [4.69, 9.17) is 25.8 Å². The van der Waals surface area contributed by atoms with Gasteiger partial charge in [-0.2, -0.15) is 0 Å². The van der Waals surface area contributed by atoms with Crippen LogP contribution < -0.4 is 9.47 Å². The van der Waals surface area contributed by atoms with Gasteiger partial charge in [-0.05, 0) is 50.4 Å². The first kappa shape index (κ1) is 16.4. The molecule has 112 valence electrons. The summed E-state index contributed by atoms with van der Waals surface area (Å²) < 4.78 is 18.7. The molecule has 0 N–H and O–H groups in total. The zero-order chi connectivity index (χ0) is 14.7. The minimum Gasteiger partial charge on any atom is -0.496 e. The van der Waals surface area contributed by atoms with Crippen molar-refractivity contribution in [1.82, 2.24) is 0 Å². The number of rotatable bonds is 6. The molecule has 1 aliphatic rings. The molecular weight excluding hydrogens is 411 g/mol. The van der Waals surface area contributed by atoms with Crippen LogP contribution in [0.1, 0.15) is 19.8 Å². The molecule has 1 fully saturated rings. The highest BCUT2D eigenvalue weighted by Crippen LogP contribution is 2.39. The standard InChI is InChI=1S/C14H17Br2ClO3/c1-3-4-19-14-10(17)7-13(14)20-12-6-8(15)11(18-2)5-9(12)16/h5-6,10,13-14H,3-4,7H2,1-2H3. The first-order valence-electron chi connectivity index (χ1n) is 6.52. The van der Waals surface area contributed by atoms with Gasteiger partial charge in [0.2, 0.25) is 0 Å². The fraction of sp³-hybridized carbons (Fsp3) is 0.571. The third kappa shape index (κ3) is 3.62. The van der Waals surface area contributed by atoms with Crippen molar-refractivity contribution in [2.45, 2.75) is 37.4 Å². The zero-order valence-electron chi connectivity index (χ0n) is 11.4. The van der Waals surface area contributed by atoms with E-state index in [-0.39, 0.29) is 17.6 Å². The summed E-state index contributed by atoms with van der Waals surface area (Å²) in [5.74, 6) is 1.52. The van der Waals surface area contributed by atoms with Gasteiger partial charge in [0.25, 0.3) is 0 Å². The van der Waals surface area contributed by atoms with E-state index in [1.807, 2.05) is 12.1 Å². The van der Waals surface area contributed by atoms with E-state index in [9.17, 15) is 0 Å². The van der Waals surface area contributed by atoms with Crippen LogP contribution in [0, 0.1) is 0 Å². The van der Waals surface area contributed by atoms with Crippen LogP contribution in [0.4, 0.5) is 0 Å². The summed E-state index contributed by atoms with van der Waals surface area (Å²) in [7, 11) is 1.63. The van der Waals surface area contributed by atoms with Gasteiger partial charge >= 0.3 is 0 Å². The van der Waals surface area contributed by atoms with E-state index in [2.05, 4.69) is 38.8 Å². The van der Waals surface area contributed by atoms with Gasteiger partial charge in [0.05, 0.1) is 21.4 Å². The minimum atomic E-state index is -0.0376. The molecule has 0 heterocycles. The average Bonchev–Trinajstić information content (AvgIpc) is 2.42. The Morgan fingerprint density at radius 2 is 1.90 bits per heavy atom. The number of hydrogen-bond acceptors (Lipinski definition) is 3. The fourth-order valence-electron chi connectivity index (χ4n) is 2.03. The third-order valence-corrected chi connectivity index (χ3v) is 4.85. The summed E-state index contributed by atoms with van der Waals surface area (Å²) in [4.78, 5) is 0. The van der Waals surface area contributed by atoms with Gasteiger partial charge in [-0.1, -0.05) is 6.92 Å². The highest BCUT2D eigenvalue weighted by Gasteiger charge is 2.43. The maximum atomic E-state index is 6.18. The molecule has 3 unspecified atom stereocenters. The van der Waals surface area contributed by atoms with E-state index in [0.29, 0.717) is 6.61 Å². The van der Waals surface area contributed by atoms with Crippen LogP contribution in [-0.2, 0) is 4.74 Å². The molecule has 2 rings (SSSR count). The van der Waals surface area contributed by atoms with Crippen molar-refractivity contribution in [3.05, 3.63) is 21.1 Å². The predicted octanol–water partition coefficient (Wildman–Crippen LogP) is 4.77. The second-order valence-electron chi connectivity index (χ2n) is 4.66. The van der Waals surface area contributed by atoms with Crippen molar-refractivity contribution in [2.75, 3.05) is 13.7 Å². The van der Waals surface area contributed by atoms with E-state index < -0.39 is 0 Å². The van der Waals surface area contributed by atoms with E-state index in [1.165, 1.54) is 0 Å². The first-order chi connectivity index (χ1) is 9.56. The zero-order valence-corrected chi connectivity index (χ0v) is 15.3. The number of methoxy groups -OCH3 is 1. The molecular formula is C14H17Br2ClO3. The molecule has 0 bridgehead atoms. The van der Waals surface area contributed by atoms with Crippen molar-refractivity contribution in [2.24, 2.45) is 0 Å². The Hall–Kier alpha value is 0.0300. The summed E-state index contributed by atoms with van der Waals surface area (Å²) in [6.07, 6.45) is 1.74. The van der Waals surface area contributed by atoms with Gasteiger partial charge in [0.1, 0.15) is 23.7 Å². The van der Waals surface area contributed by atoms with Crippen LogP contribution in [0.3, 0.4) is 0 Å². The molecule has 1 aliphatic carbocycles. The Bertz CT molecular complexity index is 470. The lowest BCUT2D eigenvalue weighted by Crippen LogP contribution is -2.52. The highest BCUT2D eigenvalue weighted by molar-refractivity contribution is 9.11. The van der Waals surface area contributed by atoms with E-state index >= 15 is 0 Å². The predicted molar refractivity (Wildman–Crippen MR) is 87.1 cm³/mol. The number of benzene rings is 1. The second-order valence-corrected chi connectivity index (χ2v) is 6.93. The minimum absolute atomic E-state index is 0.000597. The van der Waals surface area contributed by atoms with Crippen molar-refractivity contribution in [3.63, 3.8) is 0 Å². The quantitative estimate of drug-likeness (QED) is 0.611. The lowest BCUT2D eigenvalue weighted by atomic mass is 9.91. The smallest absolute Gasteiger partial charge is 0.135 e. The molecule has 0 amide bonds. The van der Waals surface area contributed by atoms with Crippen LogP contribution in [-0.4, -0.2) is 31.3 Å². The Morgan fingerprint density at radius 1 is 1.25 bits per heavy atom. The molecule has 1 saturated carbocycles. The Labute approximate surface area is 141 Å². The van der Waals surface area contributed by atoms with Crippen LogP contribution >= 0.6 is 43.5 Å². The van der Waals surface area contributed by atoms with Gasteiger partial charge in [0, 0.05) is 13.0 Å². The fourth-order valence-corrected chi connectivity index (χ4v) is 3.34. The molecule has 0 saturated heterocycles. The first-order valence-corrected chi connectivity index (χ1v) is 8.54. The molecule has 1 aromatic rings. The van der Waals surface area contributed by atoms with Gasteiger partial charge < -0.3 is 14.2 Å². The number of hydrogen-bond donors (Lipinski definition) is 0. The summed E-state index contributed by atoms with van der Waals surface area (Å²) in [5.41, 5.74) is 0. The summed E-state index contributed by atoms with van der Waals surface area (Å²) in [5, 5.41) is 0.0343. The van der Waals surface area contributed by atoms with E-state index in [0.717, 1.165) is 33.3 Å². The molecule has 0 spiro atoms. The van der Waals surface area contributed by atoms with Crippen LogP contribution in [0.5, 0.6) is 11.5 Å². The summed E-state index contributed by atoms with van der Waals surface area (Å²) in [6.45, 7) is 2.79. The van der Waals surface area contributed by atoms with Crippen molar-refractivity contribution >= 4 is 43.5 Å². The van der Waals surface area contributed by atoms with Crippen LogP contribution in [0.2, 0.25) is 0 Å². The molecule has 0 radical (unpaired) electrons. The van der Waals surface area contributed by atoms with Crippen molar-refractivity contribution in [3.8, 4) is 11.5 Å². The normalized spacial score (nSPS) is 25.1.